The van der Waals surface area contributed by atoms with Crippen molar-refractivity contribution in [3.63, 3.8) is 0 Å². The molecular formula is C28H25N5O2S. The van der Waals surface area contributed by atoms with Crippen LogP contribution in [0.3, 0.4) is 0 Å². The van der Waals surface area contributed by atoms with Crippen molar-refractivity contribution in [2.75, 3.05) is 5.32 Å². The molecule has 36 heavy (non-hydrogen) atoms. The third-order valence-corrected chi connectivity index (χ3v) is 6.61. The van der Waals surface area contributed by atoms with Gasteiger partial charge in [-0.2, -0.15) is 9.78 Å². The maximum Gasteiger partial charge on any atom is 0.252 e. The zero-order chi connectivity index (χ0) is 25.1. The SMILES string of the molecule is CC(C)c1cc(=O)[nH]c(-n2nc(-c3cccs3)cc2NC(=O)Cc2ccc(-c3ccccc3)cc2)n1. The summed E-state index contributed by atoms with van der Waals surface area (Å²) in [6, 6.07) is 25.2. The first kappa shape index (κ1) is 23.4. The Hall–Kier alpha value is -4.30. The number of carbonyl (C=O) groups is 1. The number of nitrogens with one attached hydrogen (secondary N) is 2. The number of hydrogen-bond acceptors (Lipinski definition) is 5. The smallest absolute Gasteiger partial charge is 0.252 e. The van der Waals surface area contributed by atoms with Crippen molar-refractivity contribution in [2.24, 2.45) is 0 Å². The summed E-state index contributed by atoms with van der Waals surface area (Å²) in [7, 11) is 0. The number of hydrogen-bond donors (Lipinski definition) is 2. The van der Waals surface area contributed by atoms with E-state index in [1.807, 2.05) is 73.8 Å². The van der Waals surface area contributed by atoms with Gasteiger partial charge in [-0.15, -0.1) is 11.3 Å². The lowest BCUT2D eigenvalue weighted by molar-refractivity contribution is -0.115. The van der Waals surface area contributed by atoms with Gasteiger partial charge in [0.15, 0.2) is 0 Å². The maximum atomic E-state index is 13.0. The van der Waals surface area contributed by atoms with Crippen LogP contribution in [0.1, 0.15) is 31.0 Å². The van der Waals surface area contributed by atoms with Crippen molar-refractivity contribution in [3.05, 3.63) is 106 Å². The van der Waals surface area contributed by atoms with Crippen molar-refractivity contribution < 1.29 is 4.79 Å². The van der Waals surface area contributed by atoms with Gasteiger partial charge in [-0.1, -0.05) is 74.5 Å². The summed E-state index contributed by atoms with van der Waals surface area (Å²) in [5.74, 6) is 0.573. The van der Waals surface area contributed by atoms with Crippen molar-refractivity contribution >= 4 is 23.1 Å². The number of anilines is 1. The molecular weight excluding hydrogens is 470 g/mol. The summed E-state index contributed by atoms with van der Waals surface area (Å²) in [5, 5.41) is 9.57. The Bertz CT molecular complexity index is 1540. The number of aromatic amines is 1. The number of benzene rings is 2. The van der Waals surface area contributed by atoms with Crippen LogP contribution in [0.5, 0.6) is 0 Å². The highest BCUT2D eigenvalue weighted by molar-refractivity contribution is 7.13. The van der Waals surface area contributed by atoms with Crippen LogP contribution in [0, 0.1) is 0 Å². The fourth-order valence-corrected chi connectivity index (χ4v) is 4.53. The second-order valence-corrected chi connectivity index (χ2v) is 9.69. The van der Waals surface area contributed by atoms with Gasteiger partial charge >= 0.3 is 0 Å². The molecule has 180 valence electrons. The zero-order valence-electron chi connectivity index (χ0n) is 19.9. The van der Waals surface area contributed by atoms with E-state index in [4.69, 9.17) is 0 Å². The van der Waals surface area contributed by atoms with E-state index in [1.165, 1.54) is 10.7 Å². The molecule has 3 heterocycles. The van der Waals surface area contributed by atoms with Gasteiger partial charge in [-0.25, -0.2) is 4.98 Å². The van der Waals surface area contributed by atoms with E-state index >= 15 is 0 Å². The number of rotatable bonds is 7. The van der Waals surface area contributed by atoms with Gasteiger partial charge in [0.25, 0.3) is 5.56 Å². The Morgan fingerprint density at radius 1 is 1.00 bits per heavy atom. The van der Waals surface area contributed by atoms with Crippen LogP contribution in [0.4, 0.5) is 5.82 Å². The average Bonchev–Trinajstić information content (AvgIpc) is 3.55. The van der Waals surface area contributed by atoms with Crippen LogP contribution in [0.25, 0.3) is 27.6 Å². The lowest BCUT2D eigenvalue weighted by Gasteiger charge is -2.10. The van der Waals surface area contributed by atoms with E-state index in [0.717, 1.165) is 21.6 Å². The summed E-state index contributed by atoms with van der Waals surface area (Å²) < 4.78 is 1.48. The molecule has 0 aliphatic rings. The Balaban J connectivity index is 1.42. The van der Waals surface area contributed by atoms with E-state index in [2.05, 4.69) is 32.5 Å². The van der Waals surface area contributed by atoms with Crippen molar-refractivity contribution in [1.82, 2.24) is 19.7 Å². The minimum atomic E-state index is -0.271. The molecule has 5 rings (SSSR count). The molecule has 0 unspecified atom stereocenters. The number of H-pyrrole nitrogens is 1. The molecule has 0 bridgehead atoms. The Kier molecular flexibility index (Phi) is 6.60. The molecule has 5 aromatic rings. The van der Waals surface area contributed by atoms with Crippen LogP contribution >= 0.6 is 11.3 Å². The van der Waals surface area contributed by atoms with E-state index in [1.54, 1.807) is 17.4 Å². The van der Waals surface area contributed by atoms with E-state index < -0.39 is 0 Å². The molecule has 0 saturated heterocycles. The van der Waals surface area contributed by atoms with Gasteiger partial charge in [0, 0.05) is 12.1 Å². The summed E-state index contributed by atoms with van der Waals surface area (Å²) in [6.45, 7) is 3.94. The molecule has 2 aromatic carbocycles. The average molecular weight is 496 g/mol. The van der Waals surface area contributed by atoms with E-state index in [9.17, 15) is 9.59 Å². The van der Waals surface area contributed by atoms with Gasteiger partial charge in [-0.05, 0) is 34.1 Å². The highest BCUT2D eigenvalue weighted by atomic mass is 32.1. The lowest BCUT2D eigenvalue weighted by Crippen LogP contribution is -2.20. The summed E-state index contributed by atoms with van der Waals surface area (Å²) in [6.07, 6.45) is 0.199. The van der Waals surface area contributed by atoms with Crippen LogP contribution in [0.2, 0.25) is 0 Å². The standard InChI is InChI=1S/C28H25N5O2S/c1-18(2)22-17-27(35)31-28(29-22)33-25(16-23(32-33)24-9-6-14-36-24)30-26(34)15-19-10-12-21(13-11-19)20-7-4-3-5-8-20/h3-14,16-18H,15H2,1-2H3,(H,30,34)(H,29,31,35). The topological polar surface area (TPSA) is 92.7 Å². The second-order valence-electron chi connectivity index (χ2n) is 8.74. The summed E-state index contributed by atoms with van der Waals surface area (Å²) in [4.78, 5) is 33.6. The highest BCUT2D eigenvalue weighted by Gasteiger charge is 2.17. The largest absolute Gasteiger partial charge is 0.310 e. The first-order chi connectivity index (χ1) is 17.5. The first-order valence-electron chi connectivity index (χ1n) is 11.7. The molecule has 8 heteroatoms. The summed E-state index contributed by atoms with van der Waals surface area (Å²) >= 11 is 1.54. The van der Waals surface area contributed by atoms with Gasteiger partial charge in [0.1, 0.15) is 11.5 Å². The number of carbonyl (C=O) groups excluding carboxylic acids is 1. The summed E-state index contributed by atoms with van der Waals surface area (Å²) in [5.41, 5.74) is 4.18. The monoisotopic (exact) mass is 495 g/mol. The molecule has 0 atom stereocenters. The Labute approximate surface area is 212 Å². The van der Waals surface area contributed by atoms with Crippen molar-refractivity contribution in [2.45, 2.75) is 26.2 Å². The highest BCUT2D eigenvalue weighted by Crippen LogP contribution is 2.28. The Morgan fingerprint density at radius 3 is 2.44 bits per heavy atom. The molecule has 0 spiro atoms. The molecule has 0 radical (unpaired) electrons. The molecule has 0 aliphatic carbocycles. The molecule has 0 saturated carbocycles. The molecule has 7 nitrogen and oxygen atoms in total. The third-order valence-electron chi connectivity index (χ3n) is 5.72. The van der Waals surface area contributed by atoms with Crippen LogP contribution in [0.15, 0.2) is 89.0 Å². The number of amides is 1. The third kappa shape index (κ3) is 5.18. The number of aromatic nitrogens is 4. The second kappa shape index (κ2) is 10.1. The Morgan fingerprint density at radius 2 is 1.75 bits per heavy atom. The van der Waals surface area contributed by atoms with Crippen LogP contribution in [-0.2, 0) is 11.2 Å². The molecule has 2 N–H and O–H groups in total. The molecule has 0 aliphatic heterocycles. The van der Waals surface area contributed by atoms with Gasteiger partial charge in [-0.3, -0.25) is 14.6 Å². The molecule has 3 aromatic heterocycles. The normalized spacial score (nSPS) is 11.1. The molecule has 0 fully saturated rings. The van der Waals surface area contributed by atoms with Crippen molar-refractivity contribution in [3.8, 4) is 27.6 Å². The van der Waals surface area contributed by atoms with Crippen LogP contribution < -0.4 is 10.9 Å². The fraction of sp³-hybridized carbons (Fsp3) is 0.143. The number of nitrogens with zero attached hydrogens (tertiary/aromatic N) is 3. The quantitative estimate of drug-likeness (QED) is 0.305. The minimum Gasteiger partial charge on any atom is -0.310 e. The predicted octanol–water partition coefficient (Wildman–Crippen LogP) is 5.66. The molecule has 1 amide bonds. The predicted molar refractivity (Wildman–Crippen MR) is 144 cm³/mol. The van der Waals surface area contributed by atoms with Gasteiger partial charge in [0.05, 0.1) is 17.0 Å². The first-order valence-corrected chi connectivity index (χ1v) is 12.5. The van der Waals surface area contributed by atoms with E-state index in [0.29, 0.717) is 17.2 Å². The van der Waals surface area contributed by atoms with Gasteiger partial charge in [0.2, 0.25) is 11.9 Å². The van der Waals surface area contributed by atoms with Gasteiger partial charge < -0.3 is 5.32 Å². The maximum absolute atomic E-state index is 13.0. The van der Waals surface area contributed by atoms with E-state index in [-0.39, 0.29) is 29.8 Å². The van der Waals surface area contributed by atoms with Crippen molar-refractivity contribution in [1.29, 1.82) is 0 Å². The lowest BCUT2D eigenvalue weighted by atomic mass is 10.0. The number of thiophene rings is 1. The zero-order valence-corrected chi connectivity index (χ0v) is 20.8. The van der Waals surface area contributed by atoms with Crippen LogP contribution in [-0.4, -0.2) is 25.7 Å². The fourth-order valence-electron chi connectivity index (χ4n) is 3.85. The minimum absolute atomic E-state index is 0.0651.